The summed E-state index contributed by atoms with van der Waals surface area (Å²) in [6.45, 7) is 0. The van der Waals surface area contributed by atoms with Gasteiger partial charge in [0, 0.05) is 22.9 Å². The molecule has 1 fully saturated rings. The van der Waals surface area contributed by atoms with Crippen LogP contribution in [-0.2, 0) is 5.54 Å². The summed E-state index contributed by atoms with van der Waals surface area (Å²) in [5, 5.41) is 7.98. The van der Waals surface area contributed by atoms with Crippen LogP contribution in [0.2, 0.25) is 0 Å². The first-order chi connectivity index (χ1) is 16.0. The van der Waals surface area contributed by atoms with E-state index in [1.54, 1.807) is 6.20 Å². The van der Waals surface area contributed by atoms with Crippen molar-refractivity contribution in [2.75, 3.05) is 0 Å². The molecule has 33 heavy (non-hydrogen) atoms. The van der Waals surface area contributed by atoms with Crippen LogP contribution < -0.4 is 5.73 Å². The Bertz CT molecular complexity index is 1470. The highest BCUT2D eigenvalue weighted by Crippen LogP contribution is 2.40. The molecule has 0 amide bonds. The van der Waals surface area contributed by atoms with Crippen LogP contribution in [0.1, 0.15) is 37.1 Å². The number of hydrogen-bond acceptors (Lipinski definition) is 4. The number of aromatic nitrogens is 4. The predicted molar refractivity (Wildman–Crippen MR) is 124 cm³/mol. The molecular formula is C26H21F2N5. The molecule has 0 spiro atoms. The Morgan fingerprint density at radius 3 is 2.30 bits per heavy atom. The van der Waals surface area contributed by atoms with Gasteiger partial charge < -0.3 is 5.73 Å². The summed E-state index contributed by atoms with van der Waals surface area (Å²) in [5.41, 5.74) is 12.2. The molecule has 1 aliphatic carbocycles. The van der Waals surface area contributed by atoms with Crippen LogP contribution in [0.3, 0.4) is 0 Å². The lowest BCUT2D eigenvalue weighted by Crippen LogP contribution is -2.43. The Labute approximate surface area is 188 Å². The molecule has 2 aromatic carbocycles. The highest BCUT2D eigenvalue weighted by Gasteiger charge is 2.34. The summed E-state index contributed by atoms with van der Waals surface area (Å²) in [6.07, 6.45) is 2.08. The van der Waals surface area contributed by atoms with Gasteiger partial charge in [0.1, 0.15) is 0 Å². The van der Waals surface area contributed by atoms with E-state index in [1.807, 2.05) is 66.7 Å². The highest BCUT2D eigenvalue weighted by molar-refractivity contribution is 5.91. The molecule has 3 aromatic heterocycles. The number of pyridine rings is 2. The van der Waals surface area contributed by atoms with Crippen molar-refractivity contribution in [2.45, 2.75) is 31.2 Å². The SMILES string of the molecule is NC1(c2ccc(-c3cc4ncc(-c5ccccc5)cc4n4c(C(F)F)nnc34)cc2)CCC1. The van der Waals surface area contributed by atoms with Crippen molar-refractivity contribution in [3.8, 4) is 22.3 Å². The second-order valence-corrected chi connectivity index (χ2v) is 8.66. The van der Waals surface area contributed by atoms with Crippen molar-refractivity contribution in [1.29, 1.82) is 0 Å². The maximum atomic E-state index is 13.9. The van der Waals surface area contributed by atoms with E-state index < -0.39 is 12.2 Å². The number of fused-ring (bicyclic) bond motifs is 3. The third kappa shape index (κ3) is 3.19. The van der Waals surface area contributed by atoms with E-state index in [1.165, 1.54) is 4.40 Å². The first-order valence-corrected chi connectivity index (χ1v) is 10.9. The van der Waals surface area contributed by atoms with Crippen molar-refractivity contribution in [3.05, 3.63) is 84.3 Å². The first-order valence-electron chi connectivity index (χ1n) is 10.9. The summed E-state index contributed by atoms with van der Waals surface area (Å²) in [4.78, 5) is 4.61. The fourth-order valence-electron chi connectivity index (χ4n) is 4.63. The minimum atomic E-state index is -2.77. The minimum Gasteiger partial charge on any atom is -0.321 e. The van der Waals surface area contributed by atoms with Crippen molar-refractivity contribution < 1.29 is 8.78 Å². The predicted octanol–water partition coefficient (Wildman–Crippen LogP) is 5.89. The lowest BCUT2D eigenvalue weighted by molar-refractivity contribution is 0.139. The van der Waals surface area contributed by atoms with E-state index in [-0.39, 0.29) is 5.54 Å². The average molecular weight is 441 g/mol. The normalized spacial score (nSPS) is 15.3. The van der Waals surface area contributed by atoms with Crippen LogP contribution >= 0.6 is 0 Å². The Morgan fingerprint density at radius 1 is 0.879 bits per heavy atom. The Morgan fingerprint density at radius 2 is 1.64 bits per heavy atom. The minimum absolute atomic E-state index is 0.260. The van der Waals surface area contributed by atoms with E-state index in [9.17, 15) is 8.78 Å². The van der Waals surface area contributed by atoms with E-state index >= 15 is 0 Å². The zero-order chi connectivity index (χ0) is 22.6. The second-order valence-electron chi connectivity index (χ2n) is 8.66. The van der Waals surface area contributed by atoms with Gasteiger partial charge in [-0.15, -0.1) is 10.2 Å². The fraction of sp³-hybridized carbons (Fsp3) is 0.192. The summed E-state index contributed by atoms with van der Waals surface area (Å²) in [5.74, 6) is -0.393. The molecule has 5 aromatic rings. The molecule has 5 nitrogen and oxygen atoms in total. The average Bonchev–Trinajstić information content (AvgIpc) is 3.28. The van der Waals surface area contributed by atoms with Crippen LogP contribution in [0, 0.1) is 0 Å². The van der Waals surface area contributed by atoms with Gasteiger partial charge in [-0.2, -0.15) is 0 Å². The number of nitrogens with two attached hydrogens (primary N) is 1. The fourth-order valence-corrected chi connectivity index (χ4v) is 4.63. The maximum Gasteiger partial charge on any atom is 0.297 e. The third-order valence-corrected chi connectivity index (χ3v) is 6.67. The van der Waals surface area contributed by atoms with Crippen LogP contribution in [0.15, 0.2) is 72.9 Å². The van der Waals surface area contributed by atoms with E-state index in [0.717, 1.165) is 41.5 Å². The molecule has 0 aliphatic heterocycles. The zero-order valence-corrected chi connectivity index (χ0v) is 17.7. The van der Waals surface area contributed by atoms with E-state index in [2.05, 4.69) is 15.2 Å². The van der Waals surface area contributed by atoms with Gasteiger partial charge in [-0.25, -0.2) is 8.78 Å². The molecule has 0 saturated heterocycles. The monoisotopic (exact) mass is 441 g/mol. The quantitative estimate of drug-likeness (QED) is 0.378. The van der Waals surface area contributed by atoms with Gasteiger partial charge in [-0.05, 0) is 48.1 Å². The van der Waals surface area contributed by atoms with E-state index in [4.69, 9.17) is 5.73 Å². The third-order valence-electron chi connectivity index (χ3n) is 6.67. The molecule has 164 valence electrons. The van der Waals surface area contributed by atoms with Gasteiger partial charge in [0.15, 0.2) is 5.65 Å². The van der Waals surface area contributed by atoms with Crippen LogP contribution in [0.4, 0.5) is 8.78 Å². The molecule has 0 atom stereocenters. The molecule has 0 radical (unpaired) electrons. The summed E-state index contributed by atoms with van der Waals surface area (Å²) >= 11 is 0. The number of halogens is 2. The molecule has 7 heteroatoms. The highest BCUT2D eigenvalue weighted by atomic mass is 19.3. The standard InChI is InChI=1S/C26H21F2N5/c27-23(28)25-32-31-24-20(17-7-9-19(10-8-17)26(29)11-4-12-26)14-21-22(33(24)25)13-18(15-30-21)16-5-2-1-3-6-16/h1-3,5-10,13-15,23H,4,11-12,29H2. The molecule has 0 unspecified atom stereocenters. The second kappa shape index (κ2) is 7.42. The molecule has 3 heterocycles. The van der Waals surface area contributed by atoms with Crippen molar-refractivity contribution in [2.24, 2.45) is 5.73 Å². The number of alkyl halides is 2. The zero-order valence-electron chi connectivity index (χ0n) is 17.7. The van der Waals surface area contributed by atoms with E-state index in [0.29, 0.717) is 22.2 Å². The van der Waals surface area contributed by atoms with Crippen molar-refractivity contribution in [3.63, 3.8) is 0 Å². The maximum absolute atomic E-state index is 13.9. The van der Waals surface area contributed by atoms with Gasteiger partial charge in [-0.1, -0.05) is 54.6 Å². The molecule has 6 rings (SSSR count). The van der Waals surface area contributed by atoms with Crippen molar-refractivity contribution >= 4 is 16.7 Å². The topological polar surface area (TPSA) is 69.1 Å². The van der Waals surface area contributed by atoms with Gasteiger partial charge in [0.2, 0.25) is 5.82 Å². The number of nitrogens with zero attached hydrogens (tertiary/aromatic N) is 4. The lowest BCUT2D eigenvalue weighted by atomic mass is 9.72. The first kappa shape index (κ1) is 19.9. The summed E-state index contributed by atoms with van der Waals surface area (Å²) < 4.78 is 29.2. The van der Waals surface area contributed by atoms with Crippen LogP contribution in [0.25, 0.3) is 38.9 Å². The number of rotatable bonds is 4. The molecule has 0 bridgehead atoms. The smallest absolute Gasteiger partial charge is 0.297 e. The van der Waals surface area contributed by atoms with Gasteiger partial charge >= 0.3 is 0 Å². The lowest BCUT2D eigenvalue weighted by Gasteiger charge is -2.38. The number of hydrogen-bond donors (Lipinski definition) is 1. The number of benzene rings is 2. The Hall–Kier alpha value is -3.71. The largest absolute Gasteiger partial charge is 0.321 e. The molecule has 1 saturated carbocycles. The van der Waals surface area contributed by atoms with Gasteiger partial charge in [0.05, 0.1) is 11.0 Å². The summed E-state index contributed by atoms with van der Waals surface area (Å²) in [7, 11) is 0. The van der Waals surface area contributed by atoms with Crippen LogP contribution in [0.5, 0.6) is 0 Å². The molecular weight excluding hydrogens is 420 g/mol. The van der Waals surface area contributed by atoms with Crippen LogP contribution in [-0.4, -0.2) is 19.6 Å². The summed E-state index contributed by atoms with van der Waals surface area (Å²) in [6, 6.07) is 21.4. The van der Waals surface area contributed by atoms with Crippen molar-refractivity contribution in [1.82, 2.24) is 19.6 Å². The molecule has 2 N–H and O–H groups in total. The Kier molecular flexibility index (Phi) is 4.48. The van der Waals surface area contributed by atoms with Gasteiger partial charge in [-0.3, -0.25) is 9.38 Å². The van der Waals surface area contributed by atoms with Gasteiger partial charge in [0.25, 0.3) is 6.43 Å². The molecule has 1 aliphatic rings. The Balaban J connectivity index is 1.56.